The Morgan fingerprint density at radius 1 is 1.06 bits per heavy atom. The zero-order chi connectivity index (χ0) is 13.3. The van der Waals surface area contributed by atoms with Crippen molar-refractivity contribution in [1.29, 1.82) is 0 Å². The predicted octanol–water partition coefficient (Wildman–Crippen LogP) is 2.09. The first-order valence-electron chi connectivity index (χ1n) is 6.68. The number of carbonyl (C=O) groups excluding carboxylic acids is 2. The average Bonchev–Trinajstić information content (AvgIpc) is 2.85. The standard InChI is InChI=1S/C14H20O4/c1-4-17-13(15)11-9-6-8(3)10(7-9)12(11)14(16)18-5-2/h8-10H,4-7H2,1-3H3. The molecule has 2 aliphatic rings. The monoisotopic (exact) mass is 252 g/mol. The Bertz CT molecular complexity index is 397. The van der Waals surface area contributed by atoms with Crippen LogP contribution in [0.2, 0.25) is 0 Å². The van der Waals surface area contributed by atoms with E-state index in [0.29, 0.717) is 30.3 Å². The lowest BCUT2D eigenvalue weighted by Gasteiger charge is -2.22. The van der Waals surface area contributed by atoms with E-state index in [0.717, 1.165) is 12.8 Å². The van der Waals surface area contributed by atoms with Gasteiger partial charge in [0.1, 0.15) is 0 Å². The zero-order valence-electron chi connectivity index (χ0n) is 11.2. The van der Waals surface area contributed by atoms with Crippen molar-refractivity contribution in [3.63, 3.8) is 0 Å². The van der Waals surface area contributed by atoms with Crippen LogP contribution in [0, 0.1) is 17.8 Å². The van der Waals surface area contributed by atoms with Crippen molar-refractivity contribution < 1.29 is 19.1 Å². The van der Waals surface area contributed by atoms with E-state index >= 15 is 0 Å². The van der Waals surface area contributed by atoms with E-state index in [1.807, 2.05) is 0 Å². The molecule has 0 aliphatic heterocycles. The molecule has 0 aromatic rings. The van der Waals surface area contributed by atoms with Crippen LogP contribution in [0.3, 0.4) is 0 Å². The van der Waals surface area contributed by atoms with Gasteiger partial charge >= 0.3 is 11.9 Å². The van der Waals surface area contributed by atoms with Crippen LogP contribution in [-0.4, -0.2) is 25.2 Å². The van der Waals surface area contributed by atoms with Crippen LogP contribution in [0.5, 0.6) is 0 Å². The van der Waals surface area contributed by atoms with Crippen molar-refractivity contribution in [3.8, 4) is 0 Å². The van der Waals surface area contributed by atoms with Gasteiger partial charge in [-0.05, 0) is 44.4 Å². The molecule has 0 amide bonds. The molecular weight excluding hydrogens is 232 g/mol. The average molecular weight is 252 g/mol. The lowest BCUT2D eigenvalue weighted by atomic mass is 9.84. The van der Waals surface area contributed by atoms with Crippen molar-refractivity contribution in [3.05, 3.63) is 11.1 Å². The smallest absolute Gasteiger partial charge is 0.334 e. The summed E-state index contributed by atoms with van der Waals surface area (Å²) in [6.45, 7) is 6.36. The van der Waals surface area contributed by atoms with Gasteiger partial charge in [0, 0.05) is 0 Å². The molecule has 0 heterocycles. The maximum absolute atomic E-state index is 12.0. The van der Waals surface area contributed by atoms with Crippen molar-refractivity contribution >= 4 is 11.9 Å². The molecule has 4 heteroatoms. The number of hydrogen-bond acceptors (Lipinski definition) is 4. The lowest BCUT2D eigenvalue weighted by molar-refractivity contribution is -0.142. The first-order valence-corrected chi connectivity index (χ1v) is 6.68. The van der Waals surface area contributed by atoms with Crippen molar-refractivity contribution in [1.82, 2.24) is 0 Å². The molecule has 3 unspecified atom stereocenters. The molecule has 18 heavy (non-hydrogen) atoms. The third-order valence-corrected chi connectivity index (χ3v) is 3.94. The first-order chi connectivity index (χ1) is 8.60. The quantitative estimate of drug-likeness (QED) is 0.719. The summed E-state index contributed by atoms with van der Waals surface area (Å²) < 4.78 is 10.1. The van der Waals surface area contributed by atoms with Crippen LogP contribution >= 0.6 is 0 Å². The summed E-state index contributed by atoms with van der Waals surface area (Å²) in [5.74, 6) is 0.143. The van der Waals surface area contributed by atoms with Crippen molar-refractivity contribution in [2.45, 2.75) is 33.6 Å². The second kappa shape index (κ2) is 5.12. The highest BCUT2D eigenvalue weighted by Gasteiger charge is 2.49. The molecule has 0 spiro atoms. The molecule has 1 saturated carbocycles. The van der Waals surface area contributed by atoms with E-state index in [2.05, 4.69) is 6.92 Å². The van der Waals surface area contributed by atoms with Crippen LogP contribution in [0.4, 0.5) is 0 Å². The number of hydrogen-bond donors (Lipinski definition) is 0. The molecule has 3 atom stereocenters. The summed E-state index contributed by atoms with van der Waals surface area (Å²) in [4.78, 5) is 24.0. The third kappa shape index (κ3) is 2.04. The summed E-state index contributed by atoms with van der Waals surface area (Å²) >= 11 is 0. The minimum atomic E-state index is -0.334. The molecule has 100 valence electrons. The molecule has 4 nitrogen and oxygen atoms in total. The molecule has 2 aliphatic carbocycles. The molecule has 0 radical (unpaired) electrons. The minimum absolute atomic E-state index is 0.174. The van der Waals surface area contributed by atoms with Gasteiger partial charge in [0.05, 0.1) is 24.4 Å². The van der Waals surface area contributed by atoms with Gasteiger partial charge in [-0.2, -0.15) is 0 Å². The highest BCUT2D eigenvalue weighted by atomic mass is 16.5. The van der Waals surface area contributed by atoms with E-state index in [1.165, 1.54) is 0 Å². The fraction of sp³-hybridized carbons (Fsp3) is 0.714. The largest absolute Gasteiger partial charge is 0.463 e. The topological polar surface area (TPSA) is 52.6 Å². The number of fused-ring (bicyclic) bond motifs is 2. The highest BCUT2D eigenvalue weighted by Crippen LogP contribution is 2.52. The Morgan fingerprint density at radius 3 is 2.17 bits per heavy atom. The minimum Gasteiger partial charge on any atom is -0.463 e. The Morgan fingerprint density at radius 2 is 1.61 bits per heavy atom. The van der Waals surface area contributed by atoms with Gasteiger partial charge in [-0.25, -0.2) is 9.59 Å². The maximum atomic E-state index is 12.0. The van der Waals surface area contributed by atoms with E-state index in [-0.39, 0.29) is 23.8 Å². The van der Waals surface area contributed by atoms with Crippen LogP contribution in [-0.2, 0) is 19.1 Å². The summed E-state index contributed by atoms with van der Waals surface area (Å²) in [5, 5.41) is 0. The molecule has 0 aromatic heterocycles. The number of ether oxygens (including phenoxy) is 2. The van der Waals surface area contributed by atoms with E-state index < -0.39 is 0 Å². The number of carbonyl (C=O) groups is 2. The van der Waals surface area contributed by atoms with Gasteiger partial charge in [0.2, 0.25) is 0 Å². The van der Waals surface area contributed by atoms with E-state index in [1.54, 1.807) is 13.8 Å². The summed E-state index contributed by atoms with van der Waals surface area (Å²) in [5.41, 5.74) is 1.16. The Labute approximate surface area is 107 Å². The Hall–Kier alpha value is -1.32. The van der Waals surface area contributed by atoms with Gasteiger partial charge in [-0.3, -0.25) is 0 Å². The summed E-state index contributed by atoms with van der Waals surface area (Å²) in [6, 6.07) is 0. The summed E-state index contributed by atoms with van der Waals surface area (Å²) in [7, 11) is 0. The van der Waals surface area contributed by atoms with Gasteiger partial charge in [0.15, 0.2) is 0 Å². The van der Waals surface area contributed by atoms with Crippen LogP contribution in [0.1, 0.15) is 33.6 Å². The predicted molar refractivity (Wildman–Crippen MR) is 65.7 cm³/mol. The van der Waals surface area contributed by atoms with Crippen LogP contribution < -0.4 is 0 Å². The van der Waals surface area contributed by atoms with Crippen molar-refractivity contribution in [2.75, 3.05) is 13.2 Å². The first kappa shape index (κ1) is 13.1. The fourth-order valence-electron chi connectivity index (χ4n) is 3.26. The number of esters is 2. The van der Waals surface area contributed by atoms with Gasteiger partial charge < -0.3 is 9.47 Å². The molecule has 2 bridgehead atoms. The second-order valence-corrected chi connectivity index (χ2v) is 5.02. The Balaban J connectivity index is 2.32. The van der Waals surface area contributed by atoms with Crippen LogP contribution in [0.25, 0.3) is 0 Å². The fourth-order valence-corrected chi connectivity index (χ4v) is 3.26. The normalized spacial score (nSPS) is 29.6. The van der Waals surface area contributed by atoms with Gasteiger partial charge in [0.25, 0.3) is 0 Å². The summed E-state index contributed by atoms with van der Waals surface area (Å²) in [6.07, 6.45) is 1.87. The lowest BCUT2D eigenvalue weighted by Crippen LogP contribution is -2.24. The molecule has 0 saturated heterocycles. The highest BCUT2D eigenvalue weighted by molar-refractivity contribution is 6.02. The molecule has 0 aromatic carbocycles. The maximum Gasteiger partial charge on any atom is 0.334 e. The Kier molecular flexibility index (Phi) is 3.73. The third-order valence-electron chi connectivity index (χ3n) is 3.94. The second-order valence-electron chi connectivity index (χ2n) is 5.02. The van der Waals surface area contributed by atoms with E-state index in [9.17, 15) is 9.59 Å². The van der Waals surface area contributed by atoms with Gasteiger partial charge in [-0.15, -0.1) is 0 Å². The van der Waals surface area contributed by atoms with Gasteiger partial charge in [-0.1, -0.05) is 6.92 Å². The molecule has 1 fully saturated rings. The van der Waals surface area contributed by atoms with E-state index in [4.69, 9.17) is 9.47 Å². The van der Waals surface area contributed by atoms with Crippen molar-refractivity contribution in [2.24, 2.45) is 17.8 Å². The molecular formula is C14H20O4. The SMILES string of the molecule is CCOC(=O)C1=C(C(=O)OCC)C2CC1CC2C. The number of rotatable bonds is 4. The zero-order valence-corrected chi connectivity index (χ0v) is 11.2. The van der Waals surface area contributed by atoms with Crippen LogP contribution in [0.15, 0.2) is 11.1 Å². The molecule has 2 rings (SSSR count). The molecule has 0 N–H and O–H groups in total.